The lowest BCUT2D eigenvalue weighted by molar-refractivity contribution is 0.0338. The maximum Gasteiger partial charge on any atom is 0.415 e. The molecule has 1 aliphatic heterocycles. The minimum Gasteiger partial charge on any atom is -0.443 e. The molecular weight excluding hydrogens is 194 g/mol. The summed E-state index contributed by atoms with van der Waals surface area (Å²) in [5.41, 5.74) is -0.124. The Morgan fingerprint density at radius 3 is 2.60 bits per heavy atom. The summed E-state index contributed by atoms with van der Waals surface area (Å²) in [6.07, 6.45) is 0.342. The van der Waals surface area contributed by atoms with Gasteiger partial charge in [-0.2, -0.15) is 0 Å². The quantitative estimate of drug-likeness (QED) is 0.575. The van der Waals surface area contributed by atoms with E-state index >= 15 is 0 Å². The predicted octanol–water partition coefficient (Wildman–Crippen LogP) is 1.98. The van der Waals surface area contributed by atoms with Crippen LogP contribution in [0, 0.1) is 5.92 Å². The molecule has 1 atom stereocenters. The molecule has 0 aromatic rings. The SMILES string of the molecule is CC1CCN(C(=O)OC(C)(C)C)C1=C=O. The summed E-state index contributed by atoms with van der Waals surface area (Å²) >= 11 is 0. The predicted molar refractivity (Wildman–Crippen MR) is 55.9 cm³/mol. The van der Waals surface area contributed by atoms with Gasteiger partial charge in [0.2, 0.25) is 0 Å². The Kier molecular flexibility index (Phi) is 3.20. The van der Waals surface area contributed by atoms with E-state index in [0.717, 1.165) is 6.42 Å². The molecule has 1 fully saturated rings. The maximum absolute atomic E-state index is 11.7. The first-order chi connectivity index (χ1) is 6.85. The minimum absolute atomic E-state index is 0.0926. The molecule has 0 N–H and O–H groups in total. The molecule has 1 amide bonds. The molecule has 1 unspecified atom stereocenters. The number of rotatable bonds is 0. The van der Waals surface area contributed by atoms with Crippen molar-refractivity contribution in [2.24, 2.45) is 5.92 Å². The summed E-state index contributed by atoms with van der Waals surface area (Å²) in [4.78, 5) is 23.7. The highest BCUT2D eigenvalue weighted by atomic mass is 16.6. The first-order valence-electron chi connectivity index (χ1n) is 5.10. The number of carbonyl (C=O) groups excluding carboxylic acids is 2. The van der Waals surface area contributed by atoms with Crippen molar-refractivity contribution in [1.82, 2.24) is 4.90 Å². The first-order valence-corrected chi connectivity index (χ1v) is 5.10. The lowest BCUT2D eigenvalue weighted by Crippen LogP contribution is -2.34. The summed E-state index contributed by atoms with van der Waals surface area (Å²) in [5.74, 6) is 1.91. The smallest absolute Gasteiger partial charge is 0.415 e. The number of likely N-dealkylation sites (tertiary alicyclic amines) is 1. The van der Waals surface area contributed by atoms with Crippen LogP contribution in [0.4, 0.5) is 4.79 Å². The van der Waals surface area contributed by atoms with Crippen LogP contribution >= 0.6 is 0 Å². The highest BCUT2D eigenvalue weighted by Gasteiger charge is 2.33. The van der Waals surface area contributed by atoms with Crippen LogP contribution in [0.5, 0.6) is 0 Å². The van der Waals surface area contributed by atoms with Crippen molar-refractivity contribution < 1.29 is 14.3 Å². The van der Waals surface area contributed by atoms with Gasteiger partial charge in [0.1, 0.15) is 17.2 Å². The van der Waals surface area contributed by atoms with Crippen molar-refractivity contribution >= 4 is 12.0 Å². The van der Waals surface area contributed by atoms with Crippen LogP contribution in [0.3, 0.4) is 0 Å². The van der Waals surface area contributed by atoms with E-state index in [9.17, 15) is 9.59 Å². The third-order valence-corrected chi connectivity index (χ3v) is 2.26. The second-order valence-corrected chi connectivity index (χ2v) is 4.81. The zero-order valence-electron chi connectivity index (χ0n) is 9.66. The van der Waals surface area contributed by atoms with Crippen molar-refractivity contribution in [2.45, 2.75) is 39.7 Å². The summed E-state index contributed by atoms with van der Waals surface area (Å²) < 4.78 is 5.19. The van der Waals surface area contributed by atoms with Gasteiger partial charge < -0.3 is 4.74 Å². The van der Waals surface area contributed by atoms with Crippen LogP contribution in [0.2, 0.25) is 0 Å². The number of nitrogens with zero attached hydrogens (tertiary/aromatic N) is 1. The Balaban J connectivity index is 2.74. The van der Waals surface area contributed by atoms with Crippen LogP contribution in [-0.2, 0) is 9.53 Å². The number of hydrogen-bond acceptors (Lipinski definition) is 3. The third-order valence-electron chi connectivity index (χ3n) is 2.26. The van der Waals surface area contributed by atoms with E-state index < -0.39 is 11.7 Å². The minimum atomic E-state index is -0.531. The van der Waals surface area contributed by atoms with E-state index in [1.54, 1.807) is 20.8 Å². The zero-order valence-corrected chi connectivity index (χ0v) is 9.66. The van der Waals surface area contributed by atoms with E-state index in [2.05, 4.69) is 0 Å². The van der Waals surface area contributed by atoms with Crippen LogP contribution < -0.4 is 0 Å². The fourth-order valence-electron chi connectivity index (χ4n) is 1.51. The van der Waals surface area contributed by atoms with Gasteiger partial charge in [0.25, 0.3) is 0 Å². The summed E-state index contributed by atoms with van der Waals surface area (Å²) in [6.45, 7) is 7.85. The Hall–Kier alpha value is -1.28. The molecule has 4 heteroatoms. The van der Waals surface area contributed by atoms with Gasteiger partial charge in [-0.1, -0.05) is 6.92 Å². The molecule has 4 nitrogen and oxygen atoms in total. The Bertz CT molecular complexity index is 310. The van der Waals surface area contributed by atoms with Gasteiger partial charge in [0.05, 0.1) is 0 Å². The summed E-state index contributed by atoms with van der Waals surface area (Å²) in [5, 5.41) is 0. The fourth-order valence-corrected chi connectivity index (χ4v) is 1.51. The maximum atomic E-state index is 11.7. The Morgan fingerprint density at radius 1 is 1.53 bits per heavy atom. The lowest BCUT2D eigenvalue weighted by Gasteiger charge is -2.24. The Labute approximate surface area is 89.9 Å². The fraction of sp³-hybridized carbons (Fsp3) is 0.727. The number of carbonyl (C=O) groups is 1. The van der Waals surface area contributed by atoms with Gasteiger partial charge in [-0.15, -0.1) is 0 Å². The third kappa shape index (κ3) is 2.83. The Morgan fingerprint density at radius 2 is 2.13 bits per heavy atom. The van der Waals surface area contributed by atoms with E-state index in [1.807, 2.05) is 12.9 Å². The topological polar surface area (TPSA) is 46.6 Å². The van der Waals surface area contributed by atoms with Gasteiger partial charge in [0.15, 0.2) is 0 Å². The molecule has 0 spiro atoms. The first kappa shape index (κ1) is 11.8. The standard InChI is InChI=1S/C11H17NO3/c1-8-5-6-12(9(8)7-13)10(14)15-11(2,3)4/h8H,5-6H2,1-4H3. The number of ether oxygens (including phenoxy) is 1. The van der Waals surface area contributed by atoms with Crippen LogP contribution in [0.15, 0.2) is 5.70 Å². The van der Waals surface area contributed by atoms with Gasteiger partial charge in [-0.25, -0.2) is 9.59 Å². The molecule has 0 aromatic heterocycles. The molecule has 1 rings (SSSR count). The largest absolute Gasteiger partial charge is 0.443 e. The average Bonchev–Trinajstić information content (AvgIpc) is 2.43. The molecule has 0 aromatic carbocycles. The van der Waals surface area contributed by atoms with E-state index in [-0.39, 0.29) is 5.92 Å². The van der Waals surface area contributed by atoms with Gasteiger partial charge >= 0.3 is 6.09 Å². The van der Waals surface area contributed by atoms with E-state index in [4.69, 9.17) is 4.74 Å². The molecule has 84 valence electrons. The van der Waals surface area contributed by atoms with Crippen molar-refractivity contribution in [3.63, 3.8) is 0 Å². The van der Waals surface area contributed by atoms with E-state index in [0.29, 0.717) is 12.2 Å². The molecular formula is C11H17NO3. The van der Waals surface area contributed by atoms with Crippen LogP contribution in [-0.4, -0.2) is 29.1 Å². The van der Waals surface area contributed by atoms with Crippen LogP contribution in [0.1, 0.15) is 34.1 Å². The number of amides is 1. The molecule has 0 aliphatic carbocycles. The summed E-state index contributed by atoms with van der Waals surface area (Å²) in [7, 11) is 0. The van der Waals surface area contributed by atoms with Gasteiger partial charge in [0, 0.05) is 12.5 Å². The lowest BCUT2D eigenvalue weighted by atomic mass is 10.1. The zero-order chi connectivity index (χ0) is 11.6. The van der Waals surface area contributed by atoms with Crippen molar-refractivity contribution in [3.8, 4) is 0 Å². The molecule has 15 heavy (non-hydrogen) atoms. The number of allylic oxidation sites excluding steroid dienone is 1. The van der Waals surface area contributed by atoms with Crippen molar-refractivity contribution in [3.05, 3.63) is 5.70 Å². The van der Waals surface area contributed by atoms with Gasteiger partial charge in [-0.05, 0) is 27.2 Å². The second kappa shape index (κ2) is 4.07. The second-order valence-electron chi connectivity index (χ2n) is 4.81. The average molecular weight is 211 g/mol. The van der Waals surface area contributed by atoms with Crippen molar-refractivity contribution in [1.29, 1.82) is 0 Å². The normalized spacial score (nSPS) is 21.5. The monoisotopic (exact) mass is 211 g/mol. The summed E-state index contributed by atoms with van der Waals surface area (Å²) in [6, 6.07) is 0. The van der Waals surface area contributed by atoms with E-state index in [1.165, 1.54) is 4.90 Å². The molecule has 1 saturated heterocycles. The molecule has 0 saturated carbocycles. The molecule has 0 radical (unpaired) electrons. The van der Waals surface area contributed by atoms with Crippen molar-refractivity contribution in [2.75, 3.05) is 6.54 Å². The van der Waals surface area contributed by atoms with Gasteiger partial charge in [-0.3, -0.25) is 4.90 Å². The highest BCUT2D eigenvalue weighted by molar-refractivity contribution is 5.74. The highest BCUT2D eigenvalue weighted by Crippen LogP contribution is 2.26. The molecule has 0 bridgehead atoms. The number of hydrogen-bond donors (Lipinski definition) is 0. The van der Waals surface area contributed by atoms with Crippen LogP contribution in [0.25, 0.3) is 0 Å². The molecule has 1 aliphatic rings. The molecule has 1 heterocycles.